The van der Waals surface area contributed by atoms with Gasteiger partial charge in [0.15, 0.2) is 0 Å². The van der Waals surface area contributed by atoms with Gasteiger partial charge in [0, 0.05) is 49.2 Å². The highest BCUT2D eigenvalue weighted by Crippen LogP contribution is 2.00. The Hall–Kier alpha value is 0.0300. The summed E-state index contributed by atoms with van der Waals surface area (Å²) in [5, 5.41) is 0. The molecule has 0 saturated carbocycles. The zero-order chi connectivity index (χ0) is 11.5. The van der Waals surface area contributed by atoms with Crippen LogP contribution in [0.4, 0.5) is 0 Å². The van der Waals surface area contributed by atoms with Crippen LogP contribution in [-0.4, -0.2) is 48.7 Å². The van der Waals surface area contributed by atoms with Gasteiger partial charge in [-0.25, -0.2) is 0 Å². The first-order valence-electron chi connectivity index (χ1n) is 5.40. The van der Waals surface area contributed by atoms with E-state index in [-0.39, 0.29) is 6.10 Å². The van der Waals surface area contributed by atoms with Crippen LogP contribution in [0.3, 0.4) is 0 Å². The van der Waals surface area contributed by atoms with E-state index in [0.29, 0.717) is 31.3 Å². The molecule has 0 aromatic rings. The quantitative estimate of drug-likeness (QED) is 0.563. The Labute approximate surface area is 95.0 Å². The Morgan fingerprint density at radius 1 is 1.40 bits per heavy atom. The van der Waals surface area contributed by atoms with E-state index in [1.54, 1.807) is 7.11 Å². The largest absolute Gasteiger partial charge is 0.385 e. The molecule has 2 N–H and O–H groups in total. The van der Waals surface area contributed by atoms with Crippen molar-refractivity contribution < 1.29 is 13.7 Å². The predicted molar refractivity (Wildman–Crippen MR) is 63.5 cm³/mol. The number of nitrogens with two attached hydrogens (primary N) is 1. The van der Waals surface area contributed by atoms with E-state index in [2.05, 4.69) is 0 Å². The van der Waals surface area contributed by atoms with E-state index in [1.165, 1.54) is 0 Å². The van der Waals surface area contributed by atoms with Gasteiger partial charge in [-0.1, -0.05) is 0 Å². The molecule has 0 aromatic heterocycles. The van der Waals surface area contributed by atoms with Crippen molar-refractivity contribution in [1.29, 1.82) is 0 Å². The lowest BCUT2D eigenvalue weighted by Crippen LogP contribution is -2.26. The highest BCUT2D eigenvalue weighted by Gasteiger charge is 2.08. The van der Waals surface area contributed by atoms with E-state index in [9.17, 15) is 4.21 Å². The van der Waals surface area contributed by atoms with Gasteiger partial charge >= 0.3 is 0 Å². The fourth-order valence-corrected chi connectivity index (χ4v) is 2.40. The van der Waals surface area contributed by atoms with Crippen LogP contribution < -0.4 is 5.73 Å². The van der Waals surface area contributed by atoms with Crippen molar-refractivity contribution in [2.75, 3.05) is 38.4 Å². The van der Waals surface area contributed by atoms with Crippen LogP contribution >= 0.6 is 0 Å². The summed E-state index contributed by atoms with van der Waals surface area (Å²) < 4.78 is 21.8. The number of hydrogen-bond acceptors (Lipinski definition) is 4. The zero-order valence-electron chi connectivity index (χ0n) is 9.74. The molecule has 0 heterocycles. The Morgan fingerprint density at radius 2 is 2.13 bits per heavy atom. The Balaban J connectivity index is 3.50. The highest BCUT2D eigenvalue weighted by molar-refractivity contribution is 7.84. The molecule has 0 spiro atoms. The number of rotatable bonds is 10. The van der Waals surface area contributed by atoms with E-state index >= 15 is 0 Å². The molecule has 2 unspecified atom stereocenters. The standard InChI is InChI=1S/C10H23NO3S/c1-3-14-10(9-11)5-8-15(12)7-4-6-13-2/h10H,3-9,11H2,1-2H3. The third-order valence-electron chi connectivity index (χ3n) is 2.05. The number of ether oxygens (including phenoxy) is 2. The highest BCUT2D eigenvalue weighted by atomic mass is 32.2. The Morgan fingerprint density at radius 3 is 2.67 bits per heavy atom. The molecule has 5 heteroatoms. The summed E-state index contributed by atoms with van der Waals surface area (Å²) in [7, 11) is 0.892. The van der Waals surface area contributed by atoms with Crippen molar-refractivity contribution in [2.45, 2.75) is 25.9 Å². The summed E-state index contributed by atoms with van der Waals surface area (Å²) >= 11 is 0. The molecular formula is C10H23NO3S. The minimum Gasteiger partial charge on any atom is -0.385 e. The lowest BCUT2D eigenvalue weighted by Gasteiger charge is -2.14. The fourth-order valence-electron chi connectivity index (χ4n) is 1.23. The molecule has 4 nitrogen and oxygen atoms in total. The maximum Gasteiger partial charge on any atom is 0.0705 e. The van der Waals surface area contributed by atoms with Gasteiger partial charge < -0.3 is 15.2 Å². The van der Waals surface area contributed by atoms with Crippen molar-refractivity contribution in [3.8, 4) is 0 Å². The van der Waals surface area contributed by atoms with Crippen LogP contribution in [0.2, 0.25) is 0 Å². The van der Waals surface area contributed by atoms with Crippen molar-refractivity contribution in [3.63, 3.8) is 0 Å². The lowest BCUT2D eigenvalue weighted by atomic mass is 10.3. The van der Waals surface area contributed by atoms with Crippen LogP contribution in [0.15, 0.2) is 0 Å². The molecule has 0 aliphatic carbocycles. The average molecular weight is 237 g/mol. The number of hydrogen-bond donors (Lipinski definition) is 1. The van der Waals surface area contributed by atoms with Crippen molar-refractivity contribution in [3.05, 3.63) is 0 Å². The Bertz CT molecular complexity index is 167. The molecule has 0 fully saturated rings. The molecule has 2 atom stereocenters. The van der Waals surface area contributed by atoms with Gasteiger partial charge in [-0.15, -0.1) is 0 Å². The van der Waals surface area contributed by atoms with Gasteiger partial charge in [0.1, 0.15) is 0 Å². The van der Waals surface area contributed by atoms with Crippen molar-refractivity contribution in [2.24, 2.45) is 5.73 Å². The van der Waals surface area contributed by atoms with Gasteiger partial charge in [0.2, 0.25) is 0 Å². The average Bonchev–Trinajstić information content (AvgIpc) is 2.24. The third-order valence-corrected chi connectivity index (χ3v) is 3.49. The molecule has 92 valence electrons. The van der Waals surface area contributed by atoms with Crippen LogP contribution in [-0.2, 0) is 20.3 Å². The van der Waals surface area contributed by atoms with Gasteiger partial charge in [-0.2, -0.15) is 0 Å². The topological polar surface area (TPSA) is 61.5 Å². The lowest BCUT2D eigenvalue weighted by molar-refractivity contribution is 0.0672. The second kappa shape index (κ2) is 10.5. The molecule has 0 rings (SSSR count). The van der Waals surface area contributed by atoms with Crippen LogP contribution in [0, 0.1) is 0 Å². The monoisotopic (exact) mass is 237 g/mol. The summed E-state index contributed by atoms with van der Waals surface area (Å²) in [6.45, 7) is 3.79. The summed E-state index contributed by atoms with van der Waals surface area (Å²) in [4.78, 5) is 0. The van der Waals surface area contributed by atoms with Gasteiger partial charge in [-0.05, 0) is 19.8 Å². The van der Waals surface area contributed by atoms with Gasteiger partial charge in [-0.3, -0.25) is 4.21 Å². The fraction of sp³-hybridized carbons (Fsp3) is 1.00. The molecule has 0 aromatic carbocycles. The Kier molecular flexibility index (Phi) is 10.6. The maximum atomic E-state index is 11.5. The molecule has 15 heavy (non-hydrogen) atoms. The molecule has 0 saturated heterocycles. The molecule has 0 aliphatic rings. The minimum atomic E-state index is -0.763. The van der Waals surface area contributed by atoms with Gasteiger partial charge in [0.25, 0.3) is 0 Å². The van der Waals surface area contributed by atoms with Crippen LogP contribution in [0.5, 0.6) is 0 Å². The van der Waals surface area contributed by atoms with Gasteiger partial charge in [0.05, 0.1) is 6.10 Å². The van der Waals surface area contributed by atoms with Crippen LogP contribution in [0.25, 0.3) is 0 Å². The molecule has 0 radical (unpaired) electrons. The summed E-state index contributed by atoms with van der Waals surface area (Å²) in [6.07, 6.45) is 1.69. The maximum absolute atomic E-state index is 11.5. The zero-order valence-corrected chi connectivity index (χ0v) is 10.6. The summed E-state index contributed by atoms with van der Waals surface area (Å²) in [5.41, 5.74) is 5.52. The summed E-state index contributed by atoms with van der Waals surface area (Å²) in [6, 6.07) is 0. The number of methoxy groups -OCH3 is 1. The normalized spacial score (nSPS) is 15.1. The predicted octanol–water partition coefficient (Wildman–Crippen LogP) is 0.526. The van der Waals surface area contributed by atoms with Crippen LogP contribution in [0.1, 0.15) is 19.8 Å². The summed E-state index contributed by atoms with van der Waals surface area (Å²) in [5.74, 6) is 1.38. The van der Waals surface area contributed by atoms with E-state index < -0.39 is 10.8 Å². The first-order chi connectivity index (χ1) is 7.24. The molecular weight excluding hydrogens is 214 g/mol. The van der Waals surface area contributed by atoms with Crippen molar-refractivity contribution in [1.82, 2.24) is 0 Å². The first kappa shape index (κ1) is 15.0. The second-order valence-electron chi connectivity index (χ2n) is 3.30. The second-order valence-corrected chi connectivity index (χ2v) is 4.99. The van der Waals surface area contributed by atoms with E-state index in [0.717, 1.165) is 12.8 Å². The third kappa shape index (κ3) is 8.99. The molecule has 0 amide bonds. The molecule has 0 aliphatic heterocycles. The smallest absolute Gasteiger partial charge is 0.0705 e. The first-order valence-corrected chi connectivity index (χ1v) is 6.89. The minimum absolute atomic E-state index is 0.0568. The van der Waals surface area contributed by atoms with E-state index in [1.807, 2.05) is 6.92 Å². The van der Waals surface area contributed by atoms with Crippen molar-refractivity contribution >= 4 is 10.8 Å². The van der Waals surface area contributed by atoms with E-state index in [4.69, 9.17) is 15.2 Å². The SMILES string of the molecule is CCOC(CN)CCS(=O)CCCOC. The molecule has 0 bridgehead atoms.